The minimum absolute atomic E-state index is 0.0318. The minimum Gasteiger partial charge on any atom is -0.476 e. The van der Waals surface area contributed by atoms with Gasteiger partial charge in [-0.3, -0.25) is 0 Å². The van der Waals surface area contributed by atoms with Crippen LogP contribution in [0.5, 0.6) is 0 Å². The molecule has 18 heavy (non-hydrogen) atoms. The predicted octanol–water partition coefficient (Wildman–Crippen LogP) is 3.38. The van der Waals surface area contributed by atoms with Crippen LogP contribution in [0.25, 0.3) is 21.8 Å². The number of halogens is 1. The second-order valence-corrected chi connectivity index (χ2v) is 4.53. The molecule has 2 aromatic heterocycles. The Balaban J connectivity index is 2.63. The molecule has 2 N–H and O–H groups in total. The van der Waals surface area contributed by atoms with Crippen molar-refractivity contribution in [2.24, 2.45) is 0 Å². The SMILES string of the molecule is Cc1c[nH]c2c1c(C(=O)O)nc1c(Cl)cccc12. The van der Waals surface area contributed by atoms with Crippen molar-refractivity contribution in [1.29, 1.82) is 0 Å². The van der Waals surface area contributed by atoms with Gasteiger partial charge in [-0.05, 0) is 18.6 Å². The van der Waals surface area contributed by atoms with Gasteiger partial charge in [0.05, 0.1) is 16.1 Å². The number of pyridine rings is 1. The first kappa shape index (κ1) is 11.0. The van der Waals surface area contributed by atoms with Crippen molar-refractivity contribution >= 4 is 39.4 Å². The Hall–Kier alpha value is -2.07. The largest absolute Gasteiger partial charge is 0.476 e. The van der Waals surface area contributed by atoms with Gasteiger partial charge < -0.3 is 10.1 Å². The number of fused-ring (bicyclic) bond motifs is 3. The number of rotatable bonds is 1. The fraction of sp³-hybridized carbons (Fsp3) is 0.0769. The highest BCUT2D eigenvalue weighted by Crippen LogP contribution is 2.31. The third-order valence-electron chi connectivity index (χ3n) is 3.00. The summed E-state index contributed by atoms with van der Waals surface area (Å²) in [6.07, 6.45) is 1.78. The number of carbonyl (C=O) groups is 1. The fourth-order valence-electron chi connectivity index (χ4n) is 2.19. The van der Waals surface area contributed by atoms with E-state index >= 15 is 0 Å². The maximum absolute atomic E-state index is 11.3. The number of hydrogen-bond donors (Lipinski definition) is 2. The number of carboxylic acids is 1. The van der Waals surface area contributed by atoms with Gasteiger partial charge >= 0.3 is 5.97 Å². The fourth-order valence-corrected chi connectivity index (χ4v) is 2.41. The number of aryl methyl sites for hydroxylation is 1. The number of H-pyrrole nitrogens is 1. The number of benzene rings is 1. The molecule has 0 aliphatic carbocycles. The van der Waals surface area contributed by atoms with Crippen LogP contribution in [-0.2, 0) is 0 Å². The third kappa shape index (κ3) is 1.39. The van der Waals surface area contributed by atoms with Crippen LogP contribution in [0.3, 0.4) is 0 Å². The van der Waals surface area contributed by atoms with E-state index < -0.39 is 5.97 Å². The molecule has 0 saturated carbocycles. The van der Waals surface area contributed by atoms with Crippen LogP contribution in [0.15, 0.2) is 24.4 Å². The van der Waals surface area contributed by atoms with Gasteiger partial charge in [0.2, 0.25) is 0 Å². The van der Waals surface area contributed by atoms with E-state index in [9.17, 15) is 9.90 Å². The molecule has 0 saturated heterocycles. The molecule has 0 unspecified atom stereocenters. The smallest absolute Gasteiger partial charge is 0.355 e. The van der Waals surface area contributed by atoms with Crippen molar-refractivity contribution in [3.63, 3.8) is 0 Å². The van der Waals surface area contributed by atoms with E-state index in [1.54, 1.807) is 12.3 Å². The normalized spacial score (nSPS) is 11.2. The summed E-state index contributed by atoms with van der Waals surface area (Å²) in [6.45, 7) is 1.85. The maximum atomic E-state index is 11.3. The molecule has 0 radical (unpaired) electrons. The Labute approximate surface area is 107 Å². The van der Waals surface area contributed by atoms with Gasteiger partial charge in [-0.25, -0.2) is 9.78 Å². The molecule has 90 valence electrons. The summed E-state index contributed by atoms with van der Waals surface area (Å²) in [5.41, 5.74) is 2.16. The van der Waals surface area contributed by atoms with Gasteiger partial charge in [0.1, 0.15) is 0 Å². The molecule has 0 aliphatic heterocycles. The van der Waals surface area contributed by atoms with Crippen LogP contribution < -0.4 is 0 Å². The standard InChI is InChI=1S/C13H9ClN2O2/c1-6-5-15-11-7-3-2-4-8(14)10(7)16-12(9(6)11)13(17)18/h2-5,15H,1H3,(H,17,18). The highest BCUT2D eigenvalue weighted by atomic mass is 35.5. The first-order valence-electron chi connectivity index (χ1n) is 5.39. The highest BCUT2D eigenvalue weighted by molar-refractivity contribution is 6.36. The van der Waals surface area contributed by atoms with Gasteiger partial charge in [0, 0.05) is 17.0 Å². The molecule has 0 atom stereocenters. The summed E-state index contributed by atoms with van der Waals surface area (Å²) in [5.74, 6) is -1.05. The molecule has 5 heteroatoms. The number of nitrogens with one attached hydrogen (secondary N) is 1. The lowest BCUT2D eigenvalue weighted by molar-refractivity contribution is 0.0693. The summed E-state index contributed by atoms with van der Waals surface area (Å²) in [6, 6.07) is 5.39. The van der Waals surface area contributed by atoms with Gasteiger partial charge in [-0.2, -0.15) is 0 Å². The van der Waals surface area contributed by atoms with Gasteiger partial charge in [0.25, 0.3) is 0 Å². The van der Waals surface area contributed by atoms with Crippen LogP contribution in [0.4, 0.5) is 0 Å². The summed E-state index contributed by atoms with van der Waals surface area (Å²) in [7, 11) is 0. The molecule has 0 bridgehead atoms. The monoisotopic (exact) mass is 260 g/mol. The van der Waals surface area contributed by atoms with E-state index in [1.165, 1.54) is 0 Å². The molecular formula is C13H9ClN2O2. The average Bonchev–Trinajstić information content (AvgIpc) is 2.72. The predicted molar refractivity (Wildman–Crippen MR) is 70.3 cm³/mol. The molecule has 1 aromatic carbocycles. The Morgan fingerprint density at radius 1 is 1.44 bits per heavy atom. The van der Waals surface area contributed by atoms with Crippen molar-refractivity contribution in [2.75, 3.05) is 0 Å². The van der Waals surface area contributed by atoms with E-state index in [0.717, 1.165) is 16.5 Å². The van der Waals surface area contributed by atoms with E-state index in [4.69, 9.17) is 11.6 Å². The van der Waals surface area contributed by atoms with Gasteiger partial charge in [0.15, 0.2) is 5.69 Å². The number of hydrogen-bond acceptors (Lipinski definition) is 2. The number of aromatic carboxylic acids is 1. The molecule has 0 spiro atoms. The lowest BCUT2D eigenvalue weighted by Crippen LogP contribution is -2.02. The minimum atomic E-state index is -1.05. The summed E-state index contributed by atoms with van der Waals surface area (Å²) < 4.78 is 0. The maximum Gasteiger partial charge on any atom is 0.355 e. The van der Waals surface area contributed by atoms with Crippen molar-refractivity contribution < 1.29 is 9.90 Å². The first-order valence-corrected chi connectivity index (χ1v) is 5.76. The number of aromatic nitrogens is 2. The van der Waals surface area contributed by atoms with Gasteiger partial charge in [-0.1, -0.05) is 23.7 Å². The molecule has 4 nitrogen and oxygen atoms in total. The quantitative estimate of drug-likeness (QED) is 0.705. The second-order valence-electron chi connectivity index (χ2n) is 4.12. The Morgan fingerprint density at radius 3 is 2.94 bits per heavy atom. The molecule has 0 aliphatic rings. The lowest BCUT2D eigenvalue weighted by atomic mass is 10.1. The Kier molecular flexibility index (Phi) is 2.28. The van der Waals surface area contributed by atoms with Crippen molar-refractivity contribution in [3.8, 4) is 0 Å². The van der Waals surface area contributed by atoms with Gasteiger partial charge in [-0.15, -0.1) is 0 Å². The van der Waals surface area contributed by atoms with Crippen LogP contribution in [0.1, 0.15) is 16.1 Å². The van der Waals surface area contributed by atoms with E-state index in [2.05, 4.69) is 9.97 Å². The van der Waals surface area contributed by atoms with Crippen molar-refractivity contribution in [3.05, 3.63) is 40.7 Å². The van der Waals surface area contributed by atoms with E-state index in [1.807, 2.05) is 19.1 Å². The molecule has 0 fully saturated rings. The molecular weight excluding hydrogens is 252 g/mol. The lowest BCUT2D eigenvalue weighted by Gasteiger charge is -2.05. The molecule has 3 aromatic rings. The van der Waals surface area contributed by atoms with Crippen LogP contribution >= 0.6 is 11.6 Å². The topological polar surface area (TPSA) is 66.0 Å². The molecule has 0 amide bonds. The Bertz CT molecular complexity index is 792. The number of carboxylic acid groups (broad SMARTS) is 1. The zero-order chi connectivity index (χ0) is 12.9. The van der Waals surface area contributed by atoms with Crippen LogP contribution in [-0.4, -0.2) is 21.0 Å². The summed E-state index contributed by atoms with van der Waals surface area (Å²) >= 11 is 6.07. The van der Waals surface area contributed by atoms with Crippen molar-refractivity contribution in [2.45, 2.75) is 6.92 Å². The van der Waals surface area contributed by atoms with Crippen LogP contribution in [0, 0.1) is 6.92 Å². The average molecular weight is 261 g/mol. The van der Waals surface area contributed by atoms with E-state index in [-0.39, 0.29) is 5.69 Å². The highest BCUT2D eigenvalue weighted by Gasteiger charge is 2.17. The zero-order valence-electron chi connectivity index (χ0n) is 9.49. The molecule has 2 heterocycles. The summed E-state index contributed by atoms with van der Waals surface area (Å²) in [4.78, 5) is 18.6. The zero-order valence-corrected chi connectivity index (χ0v) is 10.2. The third-order valence-corrected chi connectivity index (χ3v) is 3.30. The number of aromatic amines is 1. The molecule has 3 rings (SSSR count). The van der Waals surface area contributed by atoms with Crippen molar-refractivity contribution in [1.82, 2.24) is 9.97 Å². The Morgan fingerprint density at radius 2 is 2.22 bits per heavy atom. The number of para-hydroxylation sites is 1. The number of nitrogens with zero attached hydrogens (tertiary/aromatic N) is 1. The summed E-state index contributed by atoms with van der Waals surface area (Å²) in [5, 5.41) is 11.2. The first-order chi connectivity index (χ1) is 8.59. The van der Waals surface area contributed by atoms with E-state index in [0.29, 0.717) is 15.9 Å². The second kappa shape index (κ2) is 3.71. The van der Waals surface area contributed by atoms with Crippen LogP contribution in [0.2, 0.25) is 5.02 Å².